The molecule has 4 aliphatic carbocycles. The molecular formula is C31H43N3. The van der Waals surface area contributed by atoms with Crippen molar-refractivity contribution in [1.82, 2.24) is 15.0 Å². The maximum absolute atomic E-state index is 5.48. The van der Waals surface area contributed by atoms with Crippen molar-refractivity contribution in [3.05, 3.63) is 42.0 Å². The zero-order chi connectivity index (χ0) is 23.5. The Morgan fingerprint density at radius 3 is 1.82 bits per heavy atom. The van der Waals surface area contributed by atoms with Crippen LogP contribution in [0.25, 0.3) is 11.4 Å². The number of fused-ring (bicyclic) bond motifs is 4. The van der Waals surface area contributed by atoms with Crippen molar-refractivity contribution in [2.45, 2.75) is 103 Å². The summed E-state index contributed by atoms with van der Waals surface area (Å²) >= 11 is 0. The van der Waals surface area contributed by atoms with E-state index < -0.39 is 0 Å². The molecule has 34 heavy (non-hydrogen) atoms. The quantitative estimate of drug-likeness (QED) is 0.473. The van der Waals surface area contributed by atoms with Crippen LogP contribution in [-0.4, -0.2) is 15.0 Å². The molecule has 182 valence electrons. The van der Waals surface area contributed by atoms with E-state index in [1.54, 1.807) is 0 Å². The summed E-state index contributed by atoms with van der Waals surface area (Å²) in [6.07, 6.45) is 13.2. The molecule has 0 radical (unpaired) electrons. The fourth-order valence-electron chi connectivity index (χ4n) is 9.35. The summed E-state index contributed by atoms with van der Waals surface area (Å²) in [5, 5.41) is 0. The van der Waals surface area contributed by atoms with Crippen LogP contribution in [0.1, 0.15) is 104 Å². The van der Waals surface area contributed by atoms with Gasteiger partial charge in [0, 0.05) is 16.4 Å². The van der Waals surface area contributed by atoms with Gasteiger partial charge in [0.15, 0.2) is 5.82 Å². The predicted octanol–water partition coefficient (Wildman–Crippen LogP) is 7.75. The average molecular weight is 458 g/mol. The number of benzene rings is 1. The number of hydrogen-bond donors (Lipinski definition) is 0. The molecule has 4 aliphatic rings. The minimum absolute atomic E-state index is 0.0750. The lowest BCUT2D eigenvalue weighted by atomic mass is 9.56. The standard InChI is InChI=1S/C31H43N3/c1-20-10-24-14-25(11-20)18-30(4,17-24)28-32-27(26-8-6-5-7-9-26)33-29(34-28)31-15-21(2)12-23(19-31)13-22(3)16-31/h5-9,20-25H,10-19H2,1-4H3. The van der Waals surface area contributed by atoms with Gasteiger partial charge >= 0.3 is 0 Å². The molecule has 0 N–H and O–H groups in total. The highest BCUT2D eigenvalue weighted by molar-refractivity contribution is 5.54. The molecule has 0 amide bonds. The summed E-state index contributed by atoms with van der Waals surface area (Å²) in [6, 6.07) is 10.7. The van der Waals surface area contributed by atoms with Crippen molar-refractivity contribution < 1.29 is 0 Å². The van der Waals surface area contributed by atoms with E-state index in [4.69, 9.17) is 15.0 Å². The van der Waals surface area contributed by atoms with Crippen LogP contribution in [0.5, 0.6) is 0 Å². The molecule has 2 aromatic rings. The second-order valence-corrected chi connectivity index (χ2v) is 13.6. The molecule has 4 atom stereocenters. The van der Waals surface area contributed by atoms with Crippen LogP contribution in [0.2, 0.25) is 0 Å². The van der Waals surface area contributed by atoms with Gasteiger partial charge in [0.25, 0.3) is 0 Å². The number of rotatable bonds is 3. The van der Waals surface area contributed by atoms with Crippen LogP contribution in [0.3, 0.4) is 0 Å². The Bertz CT molecular complexity index is 993. The topological polar surface area (TPSA) is 38.7 Å². The van der Waals surface area contributed by atoms with E-state index in [0.717, 1.165) is 58.5 Å². The molecule has 4 saturated carbocycles. The molecule has 6 rings (SSSR count). The van der Waals surface area contributed by atoms with Gasteiger partial charge in [-0.2, -0.15) is 0 Å². The van der Waals surface area contributed by atoms with Gasteiger partial charge in [0.2, 0.25) is 0 Å². The molecule has 1 heterocycles. The molecule has 4 unspecified atom stereocenters. The molecule has 0 spiro atoms. The van der Waals surface area contributed by atoms with Gasteiger partial charge in [0.05, 0.1) is 0 Å². The van der Waals surface area contributed by atoms with E-state index in [1.807, 2.05) is 0 Å². The van der Waals surface area contributed by atoms with Crippen molar-refractivity contribution >= 4 is 0 Å². The maximum Gasteiger partial charge on any atom is 0.163 e. The fraction of sp³-hybridized carbons (Fsp3) is 0.710. The first-order valence-electron chi connectivity index (χ1n) is 14.1. The third-order valence-electron chi connectivity index (χ3n) is 9.93. The first-order valence-corrected chi connectivity index (χ1v) is 14.1. The van der Waals surface area contributed by atoms with Gasteiger partial charge in [0.1, 0.15) is 11.6 Å². The summed E-state index contributed by atoms with van der Waals surface area (Å²) in [7, 11) is 0. The van der Waals surface area contributed by atoms with E-state index in [-0.39, 0.29) is 10.8 Å². The highest BCUT2D eigenvalue weighted by Gasteiger charge is 2.49. The molecule has 4 fully saturated rings. The van der Waals surface area contributed by atoms with Gasteiger partial charge in [-0.25, -0.2) is 15.0 Å². The van der Waals surface area contributed by atoms with E-state index in [2.05, 4.69) is 58.0 Å². The highest BCUT2D eigenvalue weighted by Crippen LogP contribution is 2.54. The Labute approximate surface area is 206 Å². The minimum Gasteiger partial charge on any atom is -0.217 e. The number of nitrogens with zero attached hydrogens (tertiary/aromatic N) is 3. The molecule has 0 aliphatic heterocycles. The lowest BCUT2D eigenvalue weighted by molar-refractivity contribution is 0.0689. The van der Waals surface area contributed by atoms with Gasteiger partial charge in [-0.15, -0.1) is 0 Å². The van der Waals surface area contributed by atoms with Crippen molar-refractivity contribution in [1.29, 1.82) is 0 Å². The lowest BCUT2D eigenvalue weighted by Crippen LogP contribution is -2.45. The highest BCUT2D eigenvalue weighted by atomic mass is 15.1. The molecule has 3 nitrogen and oxygen atoms in total. The zero-order valence-corrected chi connectivity index (χ0v) is 21.8. The van der Waals surface area contributed by atoms with Crippen molar-refractivity contribution in [2.24, 2.45) is 35.5 Å². The Hall–Kier alpha value is -1.77. The zero-order valence-electron chi connectivity index (χ0n) is 21.8. The first kappa shape index (κ1) is 22.7. The minimum atomic E-state index is 0.0750. The first-order chi connectivity index (χ1) is 16.3. The average Bonchev–Trinajstić information content (AvgIpc) is 2.77. The fourth-order valence-corrected chi connectivity index (χ4v) is 9.35. The third-order valence-corrected chi connectivity index (χ3v) is 9.93. The summed E-state index contributed by atoms with van der Waals surface area (Å²) in [5.74, 6) is 8.04. The van der Waals surface area contributed by atoms with Crippen LogP contribution in [0, 0.1) is 35.5 Å². The molecule has 4 bridgehead atoms. The number of aromatic nitrogens is 3. The largest absolute Gasteiger partial charge is 0.217 e. The van der Waals surface area contributed by atoms with E-state index in [1.165, 1.54) is 64.2 Å². The van der Waals surface area contributed by atoms with Gasteiger partial charge in [-0.05, 0) is 99.7 Å². The summed E-state index contributed by atoms with van der Waals surface area (Å²) in [6.45, 7) is 9.85. The number of hydrogen-bond acceptors (Lipinski definition) is 3. The normalized spacial score (nSPS) is 41.8. The monoisotopic (exact) mass is 457 g/mol. The molecule has 1 aromatic carbocycles. The second-order valence-electron chi connectivity index (χ2n) is 13.6. The van der Waals surface area contributed by atoms with Crippen molar-refractivity contribution in [2.75, 3.05) is 0 Å². The van der Waals surface area contributed by atoms with Crippen molar-refractivity contribution in [3.8, 4) is 11.4 Å². The van der Waals surface area contributed by atoms with E-state index >= 15 is 0 Å². The maximum atomic E-state index is 5.48. The van der Waals surface area contributed by atoms with Crippen LogP contribution in [0.4, 0.5) is 0 Å². The molecule has 3 heteroatoms. The Kier molecular flexibility index (Phi) is 5.61. The van der Waals surface area contributed by atoms with Gasteiger partial charge in [-0.1, -0.05) is 58.0 Å². The van der Waals surface area contributed by atoms with E-state index in [9.17, 15) is 0 Å². The van der Waals surface area contributed by atoms with Gasteiger partial charge in [-0.3, -0.25) is 0 Å². The van der Waals surface area contributed by atoms with Crippen LogP contribution < -0.4 is 0 Å². The molecule has 1 aromatic heterocycles. The Morgan fingerprint density at radius 1 is 0.618 bits per heavy atom. The Morgan fingerprint density at radius 2 is 1.18 bits per heavy atom. The van der Waals surface area contributed by atoms with Crippen LogP contribution in [-0.2, 0) is 10.8 Å². The van der Waals surface area contributed by atoms with Crippen molar-refractivity contribution in [3.63, 3.8) is 0 Å². The van der Waals surface area contributed by atoms with Crippen LogP contribution in [0.15, 0.2) is 30.3 Å². The summed E-state index contributed by atoms with van der Waals surface area (Å²) in [5.41, 5.74) is 1.35. The van der Waals surface area contributed by atoms with Gasteiger partial charge < -0.3 is 0 Å². The second kappa shape index (κ2) is 8.42. The van der Waals surface area contributed by atoms with E-state index in [0.29, 0.717) is 0 Å². The SMILES string of the molecule is CC1CC2CC(C1)CC(C)(c1nc(-c3ccccc3)nc(C34CC(C)CC(CC(C)C3)C4)n1)C2. The molecule has 0 saturated heterocycles. The smallest absolute Gasteiger partial charge is 0.163 e. The molecular weight excluding hydrogens is 414 g/mol. The lowest BCUT2D eigenvalue weighted by Gasteiger charge is -2.49. The Balaban J connectivity index is 1.46. The summed E-state index contributed by atoms with van der Waals surface area (Å²) in [4.78, 5) is 16.0. The van der Waals surface area contributed by atoms with Crippen LogP contribution >= 0.6 is 0 Å². The predicted molar refractivity (Wildman–Crippen MR) is 138 cm³/mol. The third kappa shape index (κ3) is 4.11. The summed E-state index contributed by atoms with van der Waals surface area (Å²) < 4.78 is 0.